The van der Waals surface area contributed by atoms with Gasteiger partial charge in [0, 0.05) is 19.4 Å². The van der Waals surface area contributed by atoms with E-state index in [-0.39, 0.29) is 17.9 Å². The number of esters is 2. The van der Waals surface area contributed by atoms with E-state index in [4.69, 9.17) is 14.2 Å². The van der Waals surface area contributed by atoms with Crippen LogP contribution >= 0.6 is 0 Å². The van der Waals surface area contributed by atoms with E-state index in [1.807, 2.05) is 6.92 Å². The average molecular weight is 328 g/mol. The number of rotatable bonds is 14. The third-order valence-corrected chi connectivity index (χ3v) is 3.50. The molecule has 0 aromatic rings. The summed E-state index contributed by atoms with van der Waals surface area (Å²) >= 11 is 0. The molecule has 0 spiro atoms. The fraction of sp³-hybridized carbons (Fsp3) is 0.778. The van der Waals surface area contributed by atoms with Gasteiger partial charge in [0.15, 0.2) is 0 Å². The molecule has 1 atom stereocenters. The van der Waals surface area contributed by atoms with Crippen LogP contribution in [0.25, 0.3) is 0 Å². The van der Waals surface area contributed by atoms with E-state index < -0.39 is 0 Å². The Kier molecular flexibility index (Phi) is 14.6. The molecule has 5 heteroatoms. The molecular formula is C18H32O5. The summed E-state index contributed by atoms with van der Waals surface area (Å²) < 4.78 is 15.3. The fourth-order valence-electron chi connectivity index (χ4n) is 2.06. The summed E-state index contributed by atoms with van der Waals surface area (Å²) in [5.41, 5.74) is 0. The average Bonchev–Trinajstić information content (AvgIpc) is 2.54. The highest BCUT2D eigenvalue weighted by Gasteiger charge is 2.14. The summed E-state index contributed by atoms with van der Waals surface area (Å²) in [6.07, 6.45) is 8.63. The van der Waals surface area contributed by atoms with Crippen LogP contribution in [0.5, 0.6) is 0 Å². The Hall–Kier alpha value is -1.36. The normalized spacial score (nSPS) is 12.3. The highest BCUT2D eigenvalue weighted by atomic mass is 16.5. The monoisotopic (exact) mass is 328 g/mol. The molecule has 5 nitrogen and oxygen atoms in total. The van der Waals surface area contributed by atoms with Crippen molar-refractivity contribution in [2.24, 2.45) is 5.92 Å². The smallest absolute Gasteiger partial charge is 0.310 e. The van der Waals surface area contributed by atoms with Gasteiger partial charge in [0.1, 0.15) is 0 Å². The van der Waals surface area contributed by atoms with Crippen molar-refractivity contribution in [3.63, 3.8) is 0 Å². The SMILES string of the molecule is CCCCCOCC=COC(=O)CC(CC)CCC(=O)OCC. The lowest BCUT2D eigenvalue weighted by Gasteiger charge is -2.12. The summed E-state index contributed by atoms with van der Waals surface area (Å²) in [4.78, 5) is 23.1. The standard InChI is InChI=1S/C18H32O5/c1-4-7-8-12-21-13-9-14-23-18(20)15-16(5-2)10-11-17(19)22-6-3/h9,14,16H,4-8,10-13,15H2,1-3H3. The molecule has 1 unspecified atom stereocenters. The first-order valence-corrected chi connectivity index (χ1v) is 8.71. The second-order valence-corrected chi connectivity index (χ2v) is 5.47. The molecule has 0 aromatic heterocycles. The lowest BCUT2D eigenvalue weighted by molar-refractivity contribution is -0.144. The van der Waals surface area contributed by atoms with E-state index in [9.17, 15) is 9.59 Å². The van der Waals surface area contributed by atoms with Crippen molar-refractivity contribution in [2.45, 2.75) is 65.7 Å². The maximum absolute atomic E-state index is 11.7. The quantitative estimate of drug-likeness (QED) is 0.274. The minimum absolute atomic E-state index is 0.144. The topological polar surface area (TPSA) is 61.8 Å². The van der Waals surface area contributed by atoms with E-state index in [2.05, 4.69) is 6.92 Å². The van der Waals surface area contributed by atoms with Gasteiger partial charge in [-0.2, -0.15) is 0 Å². The van der Waals surface area contributed by atoms with Crippen LogP contribution in [0.1, 0.15) is 65.7 Å². The van der Waals surface area contributed by atoms with Gasteiger partial charge < -0.3 is 14.2 Å². The Bertz CT molecular complexity index is 338. The molecule has 0 aliphatic carbocycles. The molecule has 0 N–H and O–H groups in total. The lowest BCUT2D eigenvalue weighted by Crippen LogP contribution is -2.12. The van der Waals surface area contributed by atoms with Crippen LogP contribution in [0.15, 0.2) is 12.3 Å². The number of carbonyl (C=O) groups excluding carboxylic acids is 2. The van der Waals surface area contributed by atoms with Crippen molar-refractivity contribution >= 4 is 11.9 Å². The zero-order valence-electron chi connectivity index (χ0n) is 14.8. The second-order valence-electron chi connectivity index (χ2n) is 5.47. The second kappa shape index (κ2) is 15.5. The molecule has 0 aliphatic rings. The van der Waals surface area contributed by atoms with Gasteiger partial charge in [-0.1, -0.05) is 33.1 Å². The van der Waals surface area contributed by atoms with Crippen molar-refractivity contribution in [3.8, 4) is 0 Å². The van der Waals surface area contributed by atoms with Gasteiger partial charge in [0.2, 0.25) is 0 Å². The molecule has 0 radical (unpaired) electrons. The molecule has 0 aliphatic heterocycles. The molecule has 0 fully saturated rings. The number of unbranched alkanes of at least 4 members (excludes halogenated alkanes) is 2. The molecule has 0 bridgehead atoms. The van der Waals surface area contributed by atoms with Crippen LogP contribution in [-0.4, -0.2) is 31.8 Å². The lowest BCUT2D eigenvalue weighted by atomic mass is 9.97. The van der Waals surface area contributed by atoms with Gasteiger partial charge in [-0.25, -0.2) is 0 Å². The molecule has 0 amide bonds. The number of carbonyl (C=O) groups is 2. The third kappa shape index (κ3) is 14.0. The highest BCUT2D eigenvalue weighted by Crippen LogP contribution is 2.16. The summed E-state index contributed by atoms with van der Waals surface area (Å²) in [5, 5.41) is 0. The Morgan fingerprint density at radius 2 is 1.87 bits per heavy atom. The van der Waals surface area contributed by atoms with Crippen molar-refractivity contribution < 1.29 is 23.8 Å². The van der Waals surface area contributed by atoms with Crippen LogP contribution < -0.4 is 0 Å². The van der Waals surface area contributed by atoms with E-state index in [0.717, 1.165) is 19.4 Å². The molecule has 0 rings (SSSR count). The molecule has 0 aromatic carbocycles. The maximum Gasteiger partial charge on any atom is 0.310 e. The highest BCUT2D eigenvalue weighted by molar-refractivity contribution is 5.71. The van der Waals surface area contributed by atoms with Gasteiger partial charge in [-0.05, 0) is 31.8 Å². The first kappa shape index (κ1) is 21.6. The summed E-state index contributed by atoms with van der Waals surface area (Å²) in [6, 6.07) is 0. The minimum Gasteiger partial charge on any atom is -0.466 e. The fourth-order valence-corrected chi connectivity index (χ4v) is 2.06. The zero-order valence-corrected chi connectivity index (χ0v) is 14.8. The van der Waals surface area contributed by atoms with Gasteiger partial charge >= 0.3 is 11.9 Å². The Morgan fingerprint density at radius 1 is 1.09 bits per heavy atom. The largest absolute Gasteiger partial charge is 0.466 e. The van der Waals surface area contributed by atoms with Crippen molar-refractivity contribution in [1.29, 1.82) is 0 Å². The summed E-state index contributed by atoms with van der Waals surface area (Å²) in [5.74, 6) is -0.340. The van der Waals surface area contributed by atoms with Crippen LogP contribution in [0.2, 0.25) is 0 Å². The zero-order chi connectivity index (χ0) is 17.3. The molecule has 0 saturated heterocycles. The van der Waals surface area contributed by atoms with Crippen LogP contribution in [0.3, 0.4) is 0 Å². The van der Waals surface area contributed by atoms with Crippen LogP contribution in [0.4, 0.5) is 0 Å². The first-order valence-electron chi connectivity index (χ1n) is 8.71. The predicted octanol–water partition coefficient (Wildman–Crippen LogP) is 4.01. The van der Waals surface area contributed by atoms with Gasteiger partial charge in [0.25, 0.3) is 0 Å². The van der Waals surface area contributed by atoms with Crippen LogP contribution in [-0.2, 0) is 23.8 Å². The predicted molar refractivity (Wildman–Crippen MR) is 89.8 cm³/mol. The number of hydrogen-bond acceptors (Lipinski definition) is 5. The van der Waals surface area contributed by atoms with Crippen LogP contribution in [0, 0.1) is 5.92 Å². The Morgan fingerprint density at radius 3 is 2.52 bits per heavy atom. The van der Waals surface area contributed by atoms with E-state index >= 15 is 0 Å². The Labute approximate surface area is 140 Å². The minimum atomic E-state index is -0.275. The summed E-state index contributed by atoms with van der Waals surface area (Å²) in [6.45, 7) is 7.52. The molecule has 0 heterocycles. The summed E-state index contributed by atoms with van der Waals surface area (Å²) in [7, 11) is 0. The molecule has 23 heavy (non-hydrogen) atoms. The molecule has 134 valence electrons. The molecule has 0 saturated carbocycles. The van der Waals surface area contributed by atoms with Crippen molar-refractivity contribution in [1.82, 2.24) is 0 Å². The first-order chi connectivity index (χ1) is 11.1. The van der Waals surface area contributed by atoms with E-state index in [1.54, 1.807) is 13.0 Å². The van der Waals surface area contributed by atoms with E-state index in [1.165, 1.54) is 19.1 Å². The maximum atomic E-state index is 11.7. The van der Waals surface area contributed by atoms with Gasteiger partial charge in [0.05, 0.1) is 19.5 Å². The van der Waals surface area contributed by atoms with Crippen molar-refractivity contribution in [2.75, 3.05) is 19.8 Å². The number of hydrogen-bond donors (Lipinski definition) is 0. The van der Waals surface area contributed by atoms with Gasteiger partial charge in [-0.3, -0.25) is 9.59 Å². The van der Waals surface area contributed by atoms with E-state index in [0.29, 0.717) is 32.5 Å². The third-order valence-electron chi connectivity index (χ3n) is 3.50. The van der Waals surface area contributed by atoms with Gasteiger partial charge in [-0.15, -0.1) is 0 Å². The number of ether oxygens (including phenoxy) is 3. The van der Waals surface area contributed by atoms with Crippen molar-refractivity contribution in [3.05, 3.63) is 12.3 Å². The Balaban J connectivity index is 3.77. The molecular weight excluding hydrogens is 296 g/mol.